The summed E-state index contributed by atoms with van der Waals surface area (Å²) in [4.78, 5) is 11.4. The van der Waals surface area contributed by atoms with E-state index in [1.54, 1.807) is 0 Å². The summed E-state index contributed by atoms with van der Waals surface area (Å²) >= 11 is 16.5. The number of carboxylic acid groups (broad SMARTS) is 1. The van der Waals surface area contributed by atoms with Gasteiger partial charge in [-0.2, -0.15) is 0 Å². The standard InChI is InChI=1S/C15H10O2.C3H7Cl3Si/c16-15(17)14-12-7-3-1-5-10(12)9-11-6-2-4-8-13(11)14;1-2-3-7(4,5)6/h1-9H,(H,16,17);2-3H2,1H3. The summed E-state index contributed by atoms with van der Waals surface area (Å²) in [6.45, 7) is 2.01. The Morgan fingerprint density at radius 1 is 0.958 bits per heavy atom. The first-order valence-corrected chi connectivity index (χ1v) is 12.8. The van der Waals surface area contributed by atoms with Crippen molar-refractivity contribution in [1.82, 2.24) is 0 Å². The van der Waals surface area contributed by atoms with Gasteiger partial charge in [0.2, 0.25) is 0 Å². The van der Waals surface area contributed by atoms with Gasteiger partial charge in [-0.25, -0.2) is 4.79 Å². The molecule has 0 unspecified atom stereocenters. The van der Waals surface area contributed by atoms with Crippen molar-refractivity contribution in [1.29, 1.82) is 0 Å². The molecule has 3 aromatic carbocycles. The summed E-state index contributed by atoms with van der Waals surface area (Å²) in [6.07, 6.45) is 0.975. The van der Waals surface area contributed by atoms with Gasteiger partial charge in [-0.1, -0.05) is 61.9 Å². The summed E-state index contributed by atoms with van der Waals surface area (Å²) in [5.74, 6) is -0.877. The number of halogens is 3. The van der Waals surface area contributed by atoms with Gasteiger partial charge in [0.05, 0.1) is 5.56 Å². The average molecular weight is 400 g/mol. The molecule has 2 nitrogen and oxygen atoms in total. The Morgan fingerprint density at radius 3 is 1.75 bits per heavy atom. The van der Waals surface area contributed by atoms with Crippen molar-refractivity contribution >= 4 is 66.8 Å². The van der Waals surface area contributed by atoms with Crippen molar-refractivity contribution in [2.45, 2.75) is 19.4 Å². The number of hydrogen-bond acceptors (Lipinski definition) is 1. The number of benzene rings is 3. The fraction of sp³-hybridized carbons (Fsp3) is 0.167. The Labute approximate surface area is 156 Å². The Hall–Kier alpha value is -1.26. The molecule has 6 heteroatoms. The number of rotatable bonds is 3. The zero-order chi connectivity index (χ0) is 17.7. The predicted molar refractivity (Wildman–Crippen MR) is 107 cm³/mol. The quantitative estimate of drug-likeness (QED) is 0.301. The number of carbonyl (C=O) groups is 1. The number of hydrogen-bond donors (Lipinski definition) is 1. The first-order valence-electron chi connectivity index (χ1n) is 7.54. The van der Waals surface area contributed by atoms with Gasteiger partial charge in [0.1, 0.15) is 0 Å². The van der Waals surface area contributed by atoms with Crippen LogP contribution in [0.25, 0.3) is 21.5 Å². The smallest absolute Gasteiger partial charge is 0.341 e. The number of carboxylic acids is 1. The van der Waals surface area contributed by atoms with E-state index in [9.17, 15) is 9.90 Å². The first kappa shape index (κ1) is 19.1. The second-order valence-corrected chi connectivity index (χ2v) is 14.6. The summed E-state index contributed by atoms with van der Waals surface area (Å²) in [7, 11) is 0. The first-order chi connectivity index (χ1) is 11.3. The van der Waals surface area contributed by atoms with E-state index in [-0.39, 0.29) is 0 Å². The molecule has 3 aromatic rings. The number of fused-ring (bicyclic) bond motifs is 2. The van der Waals surface area contributed by atoms with Gasteiger partial charge in [-0.05, 0) is 33.7 Å². The maximum Gasteiger partial charge on any atom is 0.341 e. The van der Waals surface area contributed by atoms with Gasteiger partial charge in [0.15, 0.2) is 0 Å². The summed E-state index contributed by atoms with van der Waals surface area (Å²) in [6, 6.07) is 15.7. The van der Waals surface area contributed by atoms with Crippen LogP contribution in [0.3, 0.4) is 0 Å². The van der Waals surface area contributed by atoms with Crippen LogP contribution in [0.5, 0.6) is 0 Å². The van der Waals surface area contributed by atoms with Crippen LogP contribution in [0.2, 0.25) is 6.04 Å². The molecule has 0 fully saturated rings. The molecule has 1 N–H and O–H groups in total. The van der Waals surface area contributed by atoms with Crippen molar-refractivity contribution in [2.75, 3.05) is 0 Å². The zero-order valence-electron chi connectivity index (χ0n) is 13.1. The number of aromatic carboxylic acids is 1. The van der Waals surface area contributed by atoms with E-state index in [2.05, 4.69) is 0 Å². The molecule has 0 aliphatic rings. The molecule has 0 amide bonds. The van der Waals surface area contributed by atoms with Gasteiger partial charge < -0.3 is 5.11 Å². The topological polar surface area (TPSA) is 37.3 Å². The Bertz CT molecular complexity index is 806. The van der Waals surface area contributed by atoms with Crippen LogP contribution < -0.4 is 0 Å². The minimum atomic E-state index is -2.24. The molecule has 0 aliphatic heterocycles. The van der Waals surface area contributed by atoms with Crippen LogP contribution in [-0.2, 0) is 0 Å². The fourth-order valence-corrected chi connectivity index (χ4v) is 4.80. The zero-order valence-corrected chi connectivity index (χ0v) is 16.4. The SMILES string of the molecule is CCC[Si](Cl)(Cl)Cl.O=C(O)c1c2ccccc2cc2ccccc12. The Balaban J connectivity index is 0.000000256. The van der Waals surface area contributed by atoms with Crippen molar-refractivity contribution < 1.29 is 9.90 Å². The molecule has 126 valence electrons. The molecule has 0 aliphatic carbocycles. The third-order valence-corrected chi connectivity index (χ3v) is 6.29. The Kier molecular flexibility index (Phi) is 6.52. The van der Waals surface area contributed by atoms with Crippen LogP contribution >= 0.6 is 33.2 Å². The van der Waals surface area contributed by atoms with Crippen LogP contribution in [0, 0.1) is 0 Å². The predicted octanol–water partition coefficient (Wildman–Crippen LogP) is 6.74. The van der Waals surface area contributed by atoms with E-state index in [0.29, 0.717) is 5.56 Å². The minimum Gasteiger partial charge on any atom is -0.478 e. The van der Waals surface area contributed by atoms with Crippen molar-refractivity contribution in [2.24, 2.45) is 0 Å². The lowest BCUT2D eigenvalue weighted by molar-refractivity contribution is 0.0701. The van der Waals surface area contributed by atoms with Crippen LogP contribution in [-0.4, -0.2) is 17.1 Å². The second-order valence-electron chi connectivity index (χ2n) is 5.36. The van der Waals surface area contributed by atoms with Crippen molar-refractivity contribution in [3.8, 4) is 0 Å². The minimum absolute atomic E-state index is 0.388. The molecule has 0 atom stereocenters. The molecule has 0 saturated carbocycles. The molecule has 0 aromatic heterocycles. The van der Waals surface area contributed by atoms with E-state index in [4.69, 9.17) is 33.2 Å². The highest BCUT2D eigenvalue weighted by atomic mass is 35.8. The van der Waals surface area contributed by atoms with Crippen LogP contribution in [0.1, 0.15) is 23.7 Å². The van der Waals surface area contributed by atoms with Gasteiger partial charge in [-0.3, -0.25) is 0 Å². The lowest BCUT2D eigenvalue weighted by Crippen LogP contribution is -2.06. The van der Waals surface area contributed by atoms with E-state index < -0.39 is 12.0 Å². The van der Waals surface area contributed by atoms with Crippen LogP contribution in [0.4, 0.5) is 0 Å². The normalized spacial score (nSPS) is 11.2. The van der Waals surface area contributed by atoms with Crippen LogP contribution in [0.15, 0.2) is 54.6 Å². The molecule has 0 saturated heterocycles. The Morgan fingerprint density at radius 2 is 1.42 bits per heavy atom. The second kappa shape index (κ2) is 8.21. The van der Waals surface area contributed by atoms with E-state index >= 15 is 0 Å². The van der Waals surface area contributed by atoms with Crippen molar-refractivity contribution in [3.05, 3.63) is 60.2 Å². The average Bonchev–Trinajstić information content (AvgIpc) is 2.51. The van der Waals surface area contributed by atoms with Gasteiger partial charge in [-0.15, -0.1) is 33.2 Å². The molecular formula is C18H17Cl3O2Si. The highest BCUT2D eigenvalue weighted by Gasteiger charge is 2.22. The highest BCUT2D eigenvalue weighted by molar-refractivity contribution is 7.64. The molecule has 0 heterocycles. The summed E-state index contributed by atoms with van der Waals surface area (Å²) in [5, 5.41) is 12.9. The summed E-state index contributed by atoms with van der Waals surface area (Å²) in [5.41, 5.74) is 0.388. The monoisotopic (exact) mass is 398 g/mol. The lowest BCUT2D eigenvalue weighted by atomic mass is 9.97. The maximum absolute atomic E-state index is 11.4. The molecule has 3 rings (SSSR count). The highest BCUT2D eigenvalue weighted by Crippen LogP contribution is 2.28. The maximum atomic E-state index is 11.4. The third-order valence-electron chi connectivity index (χ3n) is 3.52. The summed E-state index contributed by atoms with van der Waals surface area (Å²) < 4.78 is 0. The molecule has 0 spiro atoms. The van der Waals surface area contributed by atoms with E-state index in [1.807, 2.05) is 61.5 Å². The van der Waals surface area contributed by atoms with Gasteiger partial charge in [0.25, 0.3) is 0 Å². The molecule has 24 heavy (non-hydrogen) atoms. The van der Waals surface area contributed by atoms with Gasteiger partial charge >= 0.3 is 12.0 Å². The largest absolute Gasteiger partial charge is 0.478 e. The molecule has 0 bridgehead atoms. The molecule has 0 radical (unpaired) electrons. The van der Waals surface area contributed by atoms with E-state index in [0.717, 1.165) is 34.0 Å². The third kappa shape index (κ3) is 4.87. The molecular weight excluding hydrogens is 383 g/mol. The lowest BCUT2D eigenvalue weighted by Gasteiger charge is -2.07. The van der Waals surface area contributed by atoms with E-state index in [1.165, 1.54) is 0 Å². The van der Waals surface area contributed by atoms with Gasteiger partial charge in [0, 0.05) is 0 Å². The van der Waals surface area contributed by atoms with Crippen molar-refractivity contribution in [3.63, 3.8) is 0 Å². The fourth-order valence-electron chi connectivity index (χ4n) is 2.53.